The number of amides is 2. The molecule has 3 heterocycles. The zero-order valence-electron chi connectivity index (χ0n) is 14.5. The maximum absolute atomic E-state index is 12.8. The summed E-state index contributed by atoms with van der Waals surface area (Å²) in [6, 6.07) is 9.55. The van der Waals surface area contributed by atoms with E-state index in [2.05, 4.69) is 27.7 Å². The van der Waals surface area contributed by atoms with E-state index in [-0.39, 0.29) is 11.8 Å². The molecule has 2 aliphatic heterocycles. The predicted molar refractivity (Wildman–Crippen MR) is 106 cm³/mol. The lowest BCUT2D eigenvalue weighted by atomic mass is 10.1. The van der Waals surface area contributed by atoms with Crippen molar-refractivity contribution in [3.8, 4) is 0 Å². The molecule has 0 spiro atoms. The molecule has 2 aromatic rings. The minimum absolute atomic E-state index is 0.0201. The Balaban J connectivity index is 1.39. The number of rotatable bonds is 2. The molecule has 0 N–H and O–H groups in total. The van der Waals surface area contributed by atoms with E-state index in [1.165, 1.54) is 6.42 Å². The van der Waals surface area contributed by atoms with Crippen molar-refractivity contribution in [2.24, 2.45) is 0 Å². The van der Waals surface area contributed by atoms with E-state index >= 15 is 0 Å². The minimum Gasteiger partial charge on any atom is -0.335 e. The summed E-state index contributed by atoms with van der Waals surface area (Å²) < 4.78 is 3.01. The fraction of sp³-hybridized carbons (Fsp3) is 0.421. The van der Waals surface area contributed by atoms with Gasteiger partial charge in [0.1, 0.15) is 0 Å². The van der Waals surface area contributed by atoms with Crippen molar-refractivity contribution in [1.82, 2.24) is 19.6 Å². The Labute approximate surface area is 166 Å². The second kappa shape index (κ2) is 7.38. The lowest BCUT2D eigenvalue weighted by Crippen LogP contribution is -2.50. The number of halogens is 1. The molecule has 0 atom stereocenters. The van der Waals surface area contributed by atoms with Gasteiger partial charge in [0.25, 0.3) is 11.8 Å². The van der Waals surface area contributed by atoms with E-state index in [9.17, 15) is 9.59 Å². The van der Waals surface area contributed by atoms with Gasteiger partial charge in [0.05, 0.1) is 0 Å². The van der Waals surface area contributed by atoms with Crippen LogP contribution in [0.2, 0.25) is 0 Å². The number of aryl methyl sites for hydroxylation is 2. The lowest BCUT2D eigenvalue weighted by Gasteiger charge is -2.34. The molecule has 136 valence electrons. The number of hydrogen-bond donors (Lipinski definition) is 0. The normalized spacial score (nSPS) is 17.1. The number of carbonyl (C=O) groups excluding carboxylic acids is 2. The molecule has 0 aliphatic carbocycles. The molecule has 2 amide bonds. The van der Waals surface area contributed by atoms with Gasteiger partial charge in [-0.15, -0.1) is 0 Å². The van der Waals surface area contributed by atoms with Crippen LogP contribution in [0, 0.1) is 3.57 Å². The molecule has 6 nitrogen and oxygen atoms in total. The van der Waals surface area contributed by atoms with Crippen molar-refractivity contribution in [3.63, 3.8) is 0 Å². The third-order valence-electron chi connectivity index (χ3n) is 5.06. The molecule has 0 unspecified atom stereocenters. The van der Waals surface area contributed by atoms with Gasteiger partial charge in [-0.05, 0) is 66.1 Å². The summed E-state index contributed by atoms with van der Waals surface area (Å²) in [7, 11) is 0. The Bertz CT molecular complexity index is 816. The quantitative estimate of drug-likeness (QED) is 0.642. The molecule has 7 heteroatoms. The topological polar surface area (TPSA) is 58.4 Å². The van der Waals surface area contributed by atoms with Gasteiger partial charge in [0.2, 0.25) is 0 Å². The fourth-order valence-electron chi connectivity index (χ4n) is 3.60. The van der Waals surface area contributed by atoms with Gasteiger partial charge in [-0.1, -0.05) is 6.07 Å². The average Bonchev–Trinajstić information content (AvgIpc) is 3.11. The SMILES string of the molecule is O=C(c1cccc(I)c1)N1CCN(C(=O)c2cc3n(n2)CCCC3)CC1. The van der Waals surface area contributed by atoms with Crippen LogP contribution in [0.1, 0.15) is 39.4 Å². The maximum atomic E-state index is 12.8. The van der Waals surface area contributed by atoms with Gasteiger partial charge < -0.3 is 9.80 Å². The van der Waals surface area contributed by atoms with E-state index in [1.54, 1.807) is 0 Å². The van der Waals surface area contributed by atoms with Crippen molar-refractivity contribution in [2.75, 3.05) is 26.2 Å². The first kappa shape index (κ1) is 17.5. The van der Waals surface area contributed by atoms with E-state index in [4.69, 9.17) is 0 Å². The van der Waals surface area contributed by atoms with Crippen LogP contribution in [0.15, 0.2) is 30.3 Å². The number of hydrogen-bond acceptors (Lipinski definition) is 3. The molecule has 1 fully saturated rings. The van der Waals surface area contributed by atoms with Crippen molar-refractivity contribution in [3.05, 3.63) is 50.9 Å². The first-order valence-electron chi connectivity index (χ1n) is 9.03. The van der Waals surface area contributed by atoms with Gasteiger partial charge in [-0.3, -0.25) is 14.3 Å². The molecular weight excluding hydrogens is 443 g/mol. The molecule has 4 rings (SSSR count). The fourth-order valence-corrected chi connectivity index (χ4v) is 4.14. The summed E-state index contributed by atoms with van der Waals surface area (Å²) >= 11 is 2.21. The number of benzene rings is 1. The maximum Gasteiger partial charge on any atom is 0.274 e. The summed E-state index contributed by atoms with van der Waals surface area (Å²) in [5.41, 5.74) is 2.41. The Kier molecular flexibility index (Phi) is 4.97. The second-order valence-corrected chi connectivity index (χ2v) is 8.04. The third-order valence-corrected chi connectivity index (χ3v) is 5.73. The van der Waals surface area contributed by atoms with Gasteiger partial charge in [0, 0.05) is 47.6 Å². The largest absolute Gasteiger partial charge is 0.335 e. The standard InChI is InChI=1S/C19H21IN4O2/c20-15-5-3-4-14(12-15)18(25)22-8-10-23(11-9-22)19(26)17-13-16-6-1-2-7-24(16)21-17/h3-5,12-13H,1-2,6-11H2. The number of aromatic nitrogens is 2. The monoisotopic (exact) mass is 464 g/mol. The summed E-state index contributed by atoms with van der Waals surface area (Å²) in [4.78, 5) is 29.0. The van der Waals surface area contributed by atoms with Crippen LogP contribution < -0.4 is 0 Å². The van der Waals surface area contributed by atoms with Crippen molar-refractivity contribution < 1.29 is 9.59 Å². The van der Waals surface area contributed by atoms with Crippen LogP contribution in [-0.4, -0.2) is 57.6 Å². The van der Waals surface area contributed by atoms with Crippen molar-refractivity contribution in [2.45, 2.75) is 25.8 Å². The minimum atomic E-state index is -0.0201. The van der Waals surface area contributed by atoms with Crippen LogP contribution >= 0.6 is 22.6 Å². The predicted octanol–water partition coefficient (Wildman–Crippen LogP) is 2.42. The molecule has 0 bridgehead atoms. The first-order valence-corrected chi connectivity index (χ1v) is 10.1. The zero-order valence-corrected chi connectivity index (χ0v) is 16.7. The first-order chi connectivity index (χ1) is 12.6. The summed E-state index contributed by atoms with van der Waals surface area (Å²) in [6.07, 6.45) is 3.29. The lowest BCUT2D eigenvalue weighted by molar-refractivity contribution is 0.0531. The van der Waals surface area contributed by atoms with Gasteiger partial charge in [-0.25, -0.2) is 0 Å². The van der Waals surface area contributed by atoms with Gasteiger partial charge in [-0.2, -0.15) is 5.10 Å². The second-order valence-electron chi connectivity index (χ2n) is 6.80. The summed E-state index contributed by atoms with van der Waals surface area (Å²) in [5.74, 6) is 0.0151. The number of fused-ring (bicyclic) bond motifs is 1. The van der Waals surface area contributed by atoms with Crippen LogP contribution in [0.4, 0.5) is 0 Å². The van der Waals surface area contributed by atoms with Gasteiger partial charge in [0.15, 0.2) is 5.69 Å². The van der Waals surface area contributed by atoms with Gasteiger partial charge >= 0.3 is 0 Å². The van der Waals surface area contributed by atoms with E-state index < -0.39 is 0 Å². The molecular formula is C19H21IN4O2. The highest BCUT2D eigenvalue weighted by atomic mass is 127. The van der Waals surface area contributed by atoms with Crippen LogP contribution in [0.3, 0.4) is 0 Å². The average molecular weight is 464 g/mol. The number of piperazine rings is 1. The van der Waals surface area contributed by atoms with Crippen LogP contribution in [0.25, 0.3) is 0 Å². The molecule has 2 aliphatic rings. The Morgan fingerprint density at radius 2 is 1.65 bits per heavy atom. The Morgan fingerprint density at radius 1 is 0.923 bits per heavy atom. The molecule has 1 aromatic carbocycles. The molecule has 1 aromatic heterocycles. The highest BCUT2D eigenvalue weighted by Gasteiger charge is 2.27. The Hall–Kier alpha value is -1.90. The molecule has 0 radical (unpaired) electrons. The highest BCUT2D eigenvalue weighted by molar-refractivity contribution is 14.1. The van der Waals surface area contributed by atoms with Crippen molar-refractivity contribution in [1.29, 1.82) is 0 Å². The van der Waals surface area contributed by atoms with E-state index in [1.807, 2.05) is 44.8 Å². The molecule has 1 saturated heterocycles. The zero-order chi connectivity index (χ0) is 18.1. The van der Waals surface area contributed by atoms with Crippen molar-refractivity contribution >= 4 is 34.4 Å². The summed E-state index contributed by atoms with van der Waals surface area (Å²) in [5, 5.41) is 4.48. The van der Waals surface area contributed by atoms with E-state index in [0.29, 0.717) is 37.4 Å². The van der Waals surface area contributed by atoms with Crippen LogP contribution in [0.5, 0.6) is 0 Å². The highest BCUT2D eigenvalue weighted by Crippen LogP contribution is 2.18. The van der Waals surface area contributed by atoms with Crippen LogP contribution in [-0.2, 0) is 13.0 Å². The molecule has 0 saturated carbocycles. The molecule has 26 heavy (non-hydrogen) atoms. The third kappa shape index (κ3) is 3.49. The number of nitrogens with zero attached hydrogens (tertiary/aromatic N) is 4. The Morgan fingerprint density at radius 3 is 2.35 bits per heavy atom. The summed E-state index contributed by atoms with van der Waals surface area (Å²) in [6.45, 7) is 3.13. The smallest absolute Gasteiger partial charge is 0.274 e. The van der Waals surface area contributed by atoms with E-state index in [0.717, 1.165) is 28.7 Å². The number of carbonyl (C=O) groups is 2.